The number of esters is 4. The number of hydrogen-bond acceptors (Lipinski definition) is 12. The van der Waals surface area contributed by atoms with Gasteiger partial charge in [-0.2, -0.15) is 0 Å². The van der Waals surface area contributed by atoms with Gasteiger partial charge in [-0.25, -0.2) is 9.97 Å². The van der Waals surface area contributed by atoms with E-state index in [1.165, 1.54) is 26.2 Å². The summed E-state index contributed by atoms with van der Waals surface area (Å²) in [6.45, 7) is 4.42. The molecule has 0 amide bonds. The fraction of sp³-hybridized carbons (Fsp3) is 0.556. The van der Waals surface area contributed by atoms with Crippen LogP contribution in [0.1, 0.15) is 27.7 Å². The molecule has 0 bridgehead atoms. The highest BCUT2D eigenvalue weighted by atomic mass is 32.2. The van der Waals surface area contributed by atoms with Crippen molar-refractivity contribution in [2.45, 2.75) is 62.7 Å². The van der Waals surface area contributed by atoms with Gasteiger partial charge in [-0.05, 0) is 6.07 Å². The summed E-state index contributed by atoms with van der Waals surface area (Å²) < 4.78 is 27.0. The van der Waals surface area contributed by atoms with Gasteiger partial charge in [0, 0.05) is 40.1 Å². The van der Waals surface area contributed by atoms with Gasteiger partial charge in [0.1, 0.15) is 12.7 Å². The van der Waals surface area contributed by atoms with E-state index >= 15 is 0 Å². The average Bonchev–Trinajstić information content (AvgIpc) is 2.64. The minimum atomic E-state index is -1.22. The van der Waals surface area contributed by atoms with E-state index in [9.17, 15) is 19.2 Å². The van der Waals surface area contributed by atoms with Crippen molar-refractivity contribution >= 4 is 35.6 Å². The third kappa shape index (κ3) is 6.95. The first-order chi connectivity index (χ1) is 14.2. The molecule has 30 heavy (non-hydrogen) atoms. The zero-order valence-corrected chi connectivity index (χ0v) is 17.6. The molecule has 12 heteroatoms. The Morgan fingerprint density at radius 2 is 1.40 bits per heavy atom. The van der Waals surface area contributed by atoms with E-state index in [1.807, 2.05) is 0 Å². The molecule has 0 aromatic carbocycles. The molecule has 0 aliphatic carbocycles. The van der Waals surface area contributed by atoms with E-state index < -0.39 is 53.7 Å². The van der Waals surface area contributed by atoms with Crippen molar-refractivity contribution in [1.29, 1.82) is 0 Å². The Hall–Kier alpha value is -2.73. The summed E-state index contributed by atoms with van der Waals surface area (Å²) in [6.07, 6.45) is -1.54. The van der Waals surface area contributed by atoms with Gasteiger partial charge in [0.15, 0.2) is 28.9 Å². The molecule has 0 spiro atoms. The number of carbonyl (C=O) groups excluding carboxylic acids is 4. The van der Waals surface area contributed by atoms with Crippen molar-refractivity contribution in [3.8, 4) is 0 Å². The minimum Gasteiger partial charge on any atom is -0.463 e. The number of carbonyl (C=O) groups is 4. The smallest absolute Gasteiger partial charge is 0.303 e. The van der Waals surface area contributed by atoms with E-state index in [0.29, 0.717) is 5.16 Å². The topological polar surface area (TPSA) is 140 Å². The Balaban J connectivity index is 2.42. The van der Waals surface area contributed by atoms with E-state index in [0.717, 1.165) is 25.6 Å². The molecule has 1 aromatic heterocycles. The molecule has 11 nitrogen and oxygen atoms in total. The van der Waals surface area contributed by atoms with Gasteiger partial charge >= 0.3 is 23.9 Å². The lowest BCUT2D eigenvalue weighted by molar-refractivity contribution is -0.237. The Morgan fingerprint density at radius 1 is 0.867 bits per heavy atom. The number of thioether (sulfide) groups is 1. The standard InChI is InChI=1S/C18H22N2O9S/c1-9(21)25-8-13-14(26-10(2)22)15(27-11(3)23)16(28-12(4)24)17(29-13)30-18-19-6-5-7-20-18/h5-7,13-17H,8H2,1-4H3/t13-,14-,15+,16+,17-/m1/s1. The lowest BCUT2D eigenvalue weighted by Crippen LogP contribution is -2.61. The van der Waals surface area contributed by atoms with Crippen LogP contribution in [-0.2, 0) is 42.9 Å². The zero-order chi connectivity index (χ0) is 22.3. The van der Waals surface area contributed by atoms with Gasteiger partial charge in [-0.15, -0.1) is 0 Å². The molecule has 0 N–H and O–H groups in total. The molecule has 1 aromatic rings. The summed E-state index contributed by atoms with van der Waals surface area (Å²) in [5, 5.41) is 0.304. The molecule has 1 aliphatic heterocycles. The number of hydrogen-bond donors (Lipinski definition) is 0. The van der Waals surface area contributed by atoms with Crippen LogP contribution in [0.15, 0.2) is 23.6 Å². The highest BCUT2D eigenvalue weighted by molar-refractivity contribution is 7.99. The van der Waals surface area contributed by atoms with Crippen LogP contribution >= 0.6 is 11.8 Å². The van der Waals surface area contributed by atoms with Crippen LogP contribution in [0.3, 0.4) is 0 Å². The van der Waals surface area contributed by atoms with Crippen molar-refractivity contribution in [3.63, 3.8) is 0 Å². The van der Waals surface area contributed by atoms with Gasteiger partial charge in [0.2, 0.25) is 0 Å². The summed E-state index contributed by atoms with van der Waals surface area (Å²) in [7, 11) is 0. The maximum Gasteiger partial charge on any atom is 0.303 e. The van der Waals surface area contributed by atoms with Gasteiger partial charge in [0.05, 0.1) is 0 Å². The summed E-state index contributed by atoms with van der Waals surface area (Å²) in [6, 6.07) is 1.62. The van der Waals surface area contributed by atoms with Crippen molar-refractivity contribution in [2.24, 2.45) is 0 Å². The van der Waals surface area contributed by atoms with Crippen LogP contribution in [-0.4, -0.2) is 70.3 Å². The van der Waals surface area contributed by atoms with Gasteiger partial charge in [-0.1, -0.05) is 11.8 Å². The number of rotatable bonds is 7. The van der Waals surface area contributed by atoms with Crippen LogP contribution in [0.4, 0.5) is 0 Å². The second kappa shape index (κ2) is 10.9. The maximum absolute atomic E-state index is 11.8. The second-order valence-electron chi connectivity index (χ2n) is 6.22. The molecule has 0 unspecified atom stereocenters. The molecular weight excluding hydrogens is 420 g/mol. The predicted octanol–water partition coefficient (Wildman–Crippen LogP) is 0.652. The average molecular weight is 442 g/mol. The van der Waals surface area contributed by atoms with Gasteiger partial charge < -0.3 is 23.7 Å². The second-order valence-corrected chi connectivity index (χ2v) is 7.28. The molecule has 1 saturated heterocycles. The highest BCUT2D eigenvalue weighted by Gasteiger charge is 2.52. The Labute approximate surface area is 176 Å². The first-order valence-corrected chi connectivity index (χ1v) is 9.79. The van der Waals surface area contributed by atoms with Crippen LogP contribution in [0, 0.1) is 0 Å². The van der Waals surface area contributed by atoms with Gasteiger partial charge in [0.25, 0.3) is 0 Å². The number of ether oxygens (including phenoxy) is 5. The van der Waals surface area contributed by atoms with E-state index in [4.69, 9.17) is 23.7 Å². The normalized spacial score (nSPS) is 25.7. The predicted molar refractivity (Wildman–Crippen MR) is 99.8 cm³/mol. The lowest BCUT2D eigenvalue weighted by Gasteiger charge is -2.43. The lowest BCUT2D eigenvalue weighted by atomic mass is 9.99. The highest BCUT2D eigenvalue weighted by Crippen LogP contribution is 2.36. The first kappa shape index (κ1) is 23.5. The Bertz CT molecular complexity index is 776. The molecule has 5 atom stereocenters. The summed E-state index contributed by atoms with van der Waals surface area (Å²) in [4.78, 5) is 54.6. The molecule has 1 fully saturated rings. The monoisotopic (exact) mass is 442 g/mol. The van der Waals surface area contributed by atoms with Crippen LogP contribution in [0.25, 0.3) is 0 Å². The number of aromatic nitrogens is 2. The van der Waals surface area contributed by atoms with E-state index in [2.05, 4.69) is 9.97 Å². The fourth-order valence-electron chi connectivity index (χ4n) is 2.73. The first-order valence-electron chi connectivity index (χ1n) is 8.91. The molecule has 164 valence electrons. The molecule has 0 radical (unpaired) electrons. The summed E-state index contributed by atoms with van der Waals surface area (Å²) >= 11 is 1.01. The molecule has 1 aliphatic rings. The minimum absolute atomic E-state index is 0.287. The van der Waals surface area contributed by atoms with Crippen molar-refractivity contribution in [3.05, 3.63) is 18.5 Å². The van der Waals surface area contributed by atoms with E-state index in [1.54, 1.807) is 6.07 Å². The van der Waals surface area contributed by atoms with Crippen LogP contribution in [0.5, 0.6) is 0 Å². The van der Waals surface area contributed by atoms with Crippen LogP contribution < -0.4 is 0 Å². The Morgan fingerprint density at radius 3 is 1.93 bits per heavy atom. The fourth-order valence-corrected chi connectivity index (χ4v) is 3.73. The third-order valence-electron chi connectivity index (χ3n) is 3.71. The summed E-state index contributed by atoms with van der Waals surface area (Å²) in [5.41, 5.74) is -0.951. The molecule has 2 heterocycles. The number of nitrogens with zero attached hydrogens (tertiary/aromatic N) is 2. The summed E-state index contributed by atoms with van der Waals surface area (Å²) in [5.74, 6) is -2.63. The largest absolute Gasteiger partial charge is 0.463 e. The molecule has 0 saturated carbocycles. The van der Waals surface area contributed by atoms with Crippen LogP contribution in [0.2, 0.25) is 0 Å². The molecular formula is C18H22N2O9S. The Kier molecular flexibility index (Phi) is 8.54. The third-order valence-corrected chi connectivity index (χ3v) is 4.75. The van der Waals surface area contributed by atoms with Crippen molar-refractivity contribution in [1.82, 2.24) is 9.97 Å². The zero-order valence-electron chi connectivity index (χ0n) is 16.8. The van der Waals surface area contributed by atoms with Crippen molar-refractivity contribution < 1.29 is 42.9 Å². The molecule has 2 rings (SSSR count). The van der Waals surface area contributed by atoms with E-state index in [-0.39, 0.29) is 6.61 Å². The SMILES string of the molecule is CC(=O)OC[C@H]1O[C@H](Sc2ncccn2)[C@@H](OC(C)=O)[C@@H](OC(C)=O)[C@@H]1OC(C)=O. The van der Waals surface area contributed by atoms with Crippen molar-refractivity contribution in [2.75, 3.05) is 6.61 Å². The quantitative estimate of drug-likeness (QED) is 0.332. The maximum atomic E-state index is 11.8. The van der Waals surface area contributed by atoms with Gasteiger partial charge in [-0.3, -0.25) is 19.2 Å².